The highest BCUT2D eigenvalue weighted by Gasteiger charge is 2.22. The minimum Gasteiger partial charge on any atom is -0.508 e. The van der Waals surface area contributed by atoms with Gasteiger partial charge >= 0.3 is 0 Å². The monoisotopic (exact) mass is 249 g/mol. The lowest BCUT2D eigenvalue weighted by atomic mass is 9.89. The van der Waals surface area contributed by atoms with Crippen LogP contribution in [0.1, 0.15) is 30.7 Å². The van der Waals surface area contributed by atoms with Crippen molar-refractivity contribution in [3.63, 3.8) is 0 Å². The summed E-state index contributed by atoms with van der Waals surface area (Å²) in [6.07, 6.45) is 3.01. The summed E-state index contributed by atoms with van der Waals surface area (Å²) in [5, 5.41) is 13.5. The largest absolute Gasteiger partial charge is 0.508 e. The molecule has 98 valence electrons. The first-order valence-electron chi connectivity index (χ1n) is 6.68. The molecule has 4 heteroatoms. The zero-order valence-electron chi connectivity index (χ0n) is 10.4. The minimum absolute atomic E-state index is 0.339. The zero-order valence-corrected chi connectivity index (χ0v) is 10.4. The maximum atomic E-state index is 10.2. The highest BCUT2D eigenvalue weighted by molar-refractivity contribution is 5.51. The van der Waals surface area contributed by atoms with Crippen LogP contribution in [0.2, 0.25) is 0 Å². The third-order valence-electron chi connectivity index (χ3n) is 3.68. The lowest BCUT2D eigenvalue weighted by Crippen LogP contribution is -2.26. The van der Waals surface area contributed by atoms with Crippen LogP contribution in [0.3, 0.4) is 0 Å². The van der Waals surface area contributed by atoms with Gasteiger partial charge in [-0.1, -0.05) is 0 Å². The fraction of sp³-hybridized carbons (Fsp3) is 0.571. The molecule has 18 heavy (non-hydrogen) atoms. The van der Waals surface area contributed by atoms with Gasteiger partial charge in [0.2, 0.25) is 0 Å². The van der Waals surface area contributed by atoms with Crippen LogP contribution in [-0.2, 0) is 0 Å². The molecular formula is C14H19NO3. The average molecular weight is 249 g/mol. The molecule has 1 aromatic carbocycles. The van der Waals surface area contributed by atoms with E-state index in [2.05, 4.69) is 5.32 Å². The van der Waals surface area contributed by atoms with Gasteiger partial charge in [0.05, 0.1) is 13.2 Å². The molecule has 0 atom stereocenters. The maximum absolute atomic E-state index is 10.2. The van der Waals surface area contributed by atoms with Crippen molar-refractivity contribution in [2.45, 2.75) is 25.2 Å². The Morgan fingerprint density at radius 2 is 1.72 bits per heavy atom. The van der Waals surface area contributed by atoms with Crippen LogP contribution in [0.5, 0.6) is 17.2 Å². The molecule has 1 aromatic rings. The molecular weight excluding hydrogens is 230 g/mol. The van der Waals surface area contributed by atoms with Gasteiger partial charge in [0.15, 0.2) is 11.5 Å². The molecule has 0 aromatic heterocycles. The summed E-state index contributed by atoms with van der Waals surface area (Å²) >= 11 is 0. The highest BCUT2D eigenvalue weighted by Crippen LogP contribution is 2.41. The zero-order chi connectivity index (χ0) is 12.4. The van der Waals surface area contributed by atoms with Gasteiger partial charge in [-0.15, -0.1) is 0 Å². The number of hydrogen-bond donors (Lipinski definition) is 2. The predicted molar refractivity (Wildman–Crippen MR) is 68.6 cm³/mol. The van der Waals surface area contributed by atoms with E-state index >= 15 is 0 Å². The van der Waals surface area contributed by atoms with Crippen molar-refractivity contribution in [2.24, 2.45) is 0 Å². The number of phenolic OH excluding ortho intramolecular Hbond substituents is 1. The average Bonchev–Trinajstić information content (AvgIpc) is 2.63. The first-order valence-corrected chi connectivity index (χ1v) is 6.68. The Kier molecular flexibility index (Phi) is 3.28. The Hall–Kier alpha value is -1.42. The molecule has 0 saturated carbocycles. The van der Waals surface area contributed by atoms with Crippen LogP contribution in [0.4, 0.5) is 0 Å². The number of fused-ring (bicyclic) bond motifs is 1. The Balaban J connectivity index is 1.92. The predicted octanol–water partition coefficient (Wildman–Crippen LogP) is 2.02. The van der Waals surface area contributed by atoms with Crippen molar-refractivity contribution in [1.29, 1.82) is 0 Å². The van der Waals surface area contributed by atoms with Crippen LogP contribution in [-0.4, -0.2) is 31.4 Å². The van der Waals surface area contributed by atoms with Gasteiger partial charge in [-0.2, -0.15) is 0 Å². The fourth-order valence-corrected chi connectivity index (χ4v) is 2.67. The molecule has 2 heterocycles. The molecule has 0 aliphatic carbocycles. The fourth-order valence-electron chi connectivity index (χ4n) is 2.67. The second kappa shape index (κ2) is 5.06. The lowest BCUT2D eigenvalue weighted by Gasteiger charge is -2.24. The summed E-state index contributed by atoms with van der Waals surface area (Å²) in [5.41, 5.74) is 1.00. The third-order valence-corrected chi connectivity index (χ3v) is 3.68. The smallest absolute Gasteiger partial charge is 0.164 e. The Morgan fingerprint density at radius 3 is 2.44 bits per heavy atom. The van der Waals surface area contributed by atoms with E-state index in [4.69, 9.17) is 9.47 Å². The molecule has 0 amide bonds. The number of benzene rings is 1. The van der Waals surface area contributed by atoms with E-state index in [9.17, 15) is 5.11 Å². The van der Waals surface area contributed by atoms with E-state index in [-0.39, 0.29) is 0 Å². The van der Waals surface area contributed by atoms with Crippen molar-refractivity contribution < 1.29 is 14.6 Å². The van der Waals surface area contributed by atoms with E-state index in [1.165, 1.54) is 0 Å². The summed E-state index contributed by atoms with van der Waals surface area (Å²) in [7, 11) is 0. The number of aromatic hydroxyl groups is 1. The van der Waals surface area contributed by atoms with Gasteiger partial charge in [0.25, 0.3) is 0 Å². The van der Waals surface area contributed by atoms with Crippen LogP contribution >= 0.6 is 0 Å². The molecule has 3 rings (SSSR count). The van der Waals surface area contributed by atoms with Crippen LogP contribution in [0, 0.1) is 0 Å². The molecule has 1 fully saturated rings. The van der Waals surface area contributed by atoms with E-state index in [0.29, 0.717) is 30.6 Å². The molecule has 0 spiro atoms. The highest BCUT2D eigenvalue weighted by atomic mass is 16.5. The van der Waals surface area contributed by atoms with Gasteiger partial charge < -0.3 is 19.9 Å². The molecule has 2 aliphatic rings. The molecule has 2 aliphatic heterocycles. The van der Waals surface area contributed by atoms with Crippen LogP contribution in [0.15, 0.2) is 12.1 Å². The minimum atomic E-state index is 0.339. The van der Waals surface area contributed by atoms with E-state index in [1.54, 1.807) is 6.07 Å². The summed E-state index contributed by atoms with van der Waals surface area (Å²) in [6.45, 7) is 3.36. The van der Waals surface area contributed by atoms with Crippen molar-refractivity contribution >= 4 is 0 Å². The van der Waals surface area contributed by atoms with Crippen LogP contribution < -0.4 is 14.8 Å². The number of piperidine rings is 1. The number of hydrogen-bond acceptors (Lipinski definition) is 4. The van der Waals surface area contributed by atoms with Crippen molar-refractivity contribution in [3.05, 3.63) is 17.7 Å². The van der Waals surface area contributed by atoms with Gasteiger partial charge in [0.1, 0.15) is 5.75 Å². The van der Waals surface area contributed by atoms with Crippen molar-refractivity contribution in [2.75, 3.05) is 26.3 Å². The number of nitrogens with one attached hydrogen (secondary N) is 1. The number of phenols is 1. The topological polar surface area (TPSA) is 50.7 Å². The summed E-state index contributed by atoms with van der Waals surface area (Å²) in [4.78, 5) is 0. The summed E-state index contributed by atoms with van der Waals surface area (Å²) in [6, 6.07) is 3.67. The Bertz CT molecular complexity index is 427. The normalized spacial score (nSPS) is 20.4. The first kappa shape index (κ1) is 11.7. The molecule has 2 N–H and O–H groups in total. The van der Waals surface area contributed by atoms with Gasteiger partial charge in [-0.25, -0.2) is 0 Å². The van der Waals surface area contributed by atoms with Crippen LogP contribution in [0.25, 0.3) is 0 Å². The van der Waals surface area contributed by atoms with Gasteiger partial charge in [-0.05, 0) is 37.9 Å². The van der Waals surface area contributed by atoms with E-state index in [0.717, 1.165) is 43.7 Å². The van der Waals surface area contributed by atoms with Gasteiger partial charge in [0, 0.05) is 18.1 Å². The van der Waals surface area contributed by atoms with Gasteiger partial charge in [-0.3, -0.25) is 0 Å². The maximum Gasteiger partial charge on any atom is 0.164 e. The number of rotatable bonds is 1. The number of ether oxygens (including phenoxy) is 2. The second-order valence-corrected chi connectivity index (χ2v) is 4.93. The Morgan fingerprint density at radius 1 is 1.06 bits per heavy atom. The lowest BCUT2D eigenvalue weighted by molar-refractivity contribution is 0.296. The molecule has 0 bridgehead atoms. The quantitative estimate of drug-likeness (QED) is 0.799. The SMILES string of the molecule is Oc1cc2c(cc1C1CCNCC1)OCCCO2. The standard InChI is InChI=1S/C14H19NO3/c16-12-9-14-13(17-6-1-7-18-14)8-11(12)10-2-4-15-5-3-10/h8-10,15-16H,1-7H2. The summed E-state index contributed by atoms with van der Waals surface area (Å²) in [5.74, 6) is 2.20. The second-order valence-electron chi connectivity index (χ2n) is 4.93. The van der Waals surface area contributed by atoms with E-state index in [1.807, 2.05) is 6.07 Å². The van der Waals surface area contributed by atoms with Crippen molar-refractivity contribution in [1.82, 2.24) is 5.32 Å². The third kappa shape index (κ3) is 2.25. The summed E-state index contributed by atoms with van der Waals surface area (Å²) < 4.78 is 11.3. The molecule has 4 nitrogen and oxygen atoms in total. The molecule has 1 saturated heterocycles. The van der Waals surface area contributed by atoms with E-state index < -0.39 is 0 Å². The molecule has 0 radical (unpaired) electrons. The first-order chi connectivity index (χ1) is 8.84. The molecule has 0 unspecified atom stereocenters. The van der Waals surface area contributed by atoms with Crippen molar-refractivity contribution in [3.8, 4) is 17.2 Å². The Labute approximate surface area is 107 Å².